The van der Waals surface area contributed by atoms with Crippen molar-refractivity contribution in [3.63, 3.8) is 0 Å². The second kappa shape index (κ2) is 6.75. The summed E-state index contributed by atoms with van der Waals surface area (Å²) in [5.41, 5.74) is 7.03. The minimum Gasteiger partial charge on any atom is -0.384 e. The Kier molecular flexibility index (Phi) is 3.82. The number of nitrogens with zero attached hydrogens (tertiary/aromatic N) is 2. The van der Waals surface area contributed by atoms with Gasteiger partial charge < -0.3 is 16.0 Å². The second-order valence-electron chi connectivity index (χ2n) is 5.59. The first-order valence-corrected chi connectivity index (χ1v) is 7.61. The summed E-state index contributed by atoms with van der Waals surface area (Å²) in [6, 6.07) is 5.56. The van der Waals surface area contributed by atoms with Crippen LogP contribution in [-0.4, -0.2) is 54.6 Å². The van der Waals surface area contributed by atoms with Crippen molar-refractivity contribution in [1.29, 1.82) is 0 Å². The molecule has 6 nitrogen and oxygen atoms in total. The van der Waals surface area contributed by atoms with Gasteiger partial charge in [0.1, 0.15) is 11.9 Å². The van der Waals surface area contributed by atoms with E-state index in [9.17, 15) is 9.59 Å². The first-order valence-electron chi connectivity index (χ1n) is 8.61. The van der Waals surface area contributed by atoms with Crippen LogP contribution >= 0.6 is 0 Å². The third-order valence-corrected chi connectivity index (χ3v) is 3.95. The lowest BCUT2D eigenvalue weighted by Crippen LogP contribution is -2.46. The molecule has 23 heavy (non-hydrogen) atoms. The zero-order valence-electron chi connectivity index (χ0n) is 14.7. The van der Waals surface area contributed by atoms with E-state index in [-0.39, 0.29) is 24.2 Å². The van der Waals surface area contributed by atoms with Crippen LogP contribution in [0.25, 0.3) is 0 Å². The van der Waals surface area contributed by atoms with Gasteiger partial charge in [-0.15, -0.1) is 0 Å². The summed E-state index contributed by atoms with van der Waals surface area (Å²) in [7, 11) is 0. The zero-order chi connectivity index (χ0) is 18.0. The molecule has 1 aromatic carbocycles. The van der Waals surface area contributed by atoms with Crippen molar-refractivity contribution in [1.82, 2.24) is 10.2 Å². The number of nitrogens with one attached hydrogen (secondary N) is 1. The molecular weight excluding hydrogens is 292 g/mol. The molecule has 2 aliphatic rings. The quantitative estimate of drug-likeness (QED) is 0.831. The van der Waals surface area contributed by atoms with Gasteiger partial charge in [0.05, 0.1) is 2.74 Å². The average Bonchev–Trinajstić information content (AvgIpc) is 2.65. The number of aliphatic imine (C=N–C) groups is 1. The van der Waals surface area contributed by atoms with Crippen molar-refractivity contribution in [2.24, 2.45) is 10.7 Å². The second-order valence-corrected chi connectivity index (χ2v) is 5.59. The molecule has 3 N–H and O–H groups in total. The normalized spacial score (nSPS) is 23.3. The monoisotopic (exact) mass is 314 g/mol. The van der Waals surface area contributed by atoms with Gasteiger partial charge in [-0.3, -0.25) is 14.6 Å². The van der Waals surface area contributed by atoms with Gasteiger partial charge >= 0.3 is 0 Å². The Balaban J connectivity index is 1.69. The fraction of sp³-hybridized carbons (Fsp3) is 0.353. The van der Waals surface area contributed by atoms with Crippen LogP contribution < -0.4 is 11.1 Å². The molecule has 0 aromatic heterocycles. The van der Waals surface area contributed by atoms with Crippen LogP contribution in [0.3, 0.4) is 0 Å². The summed E-state index contributed by atoms with van der Waals surface area (Å²) >= 11 is 0. The SMILES string of the molecule is [2H]C1=C([2H])C(N)=NC(Cc2ccc(C(=O)N3CCNCC3)cc2)C1=O. The number of amides is 1. The predicted molar refractivity (Wildman–Crippen MR) is 88.5 cm³/mol. The fourth-order valence-electron chi connectivity index (χ4n) is 2.66. The van der Waals surface area contributed by atoms with E-state index in [2.05, 4.69) is 10.3 Å². The third-order valence-electron chi connectivity index (χ3n) is 3.95. The smallest absolute Gasteiger partial charge is 0.253 e. The molecule has 0 saturated carbocycles. The number of carbonyl (C=O) groups excluding carboxylic acids is 2. The highest BCUT2D eigenvalue weighted by molar-refractivity contribution is 6.06. The van der Waals surface area contributed by atoms with Gasteiger partial charge in [0.25, 0.3) is 5.91 Å². The number of piperazine rings is 1. The highest BCUT2D eigenvalue weighted by atomic mass is 16.2. The summed E-state index contributed by atoms with van der Waals surface area (Å²) < 4.78 is 15.2. The van der Waals surface area contributed by atoms with Crippen molar-refractivity contribution < 1.29 is 12.3 Å². The maximum absolute atomic E-state index is 12.4. The van der Waals surface area contributed by atoms with Crippen molar-refractivity contribution >= 4 is 17.5 Å². The van der Waals surface area contributed by atoms with Gasteiger partial charge in [0, 0.05) is 38.2 Å². The lowest BCUT2D eigenvalue weighted by Gasteiger charge is -2.27. The Morgan fingerprint density at radius 3 is 2.70 bits per heavy atom. The van der Waals surface area contributed by atoms with E-state index in [4.69, 9.17) is 8.48 Å². The maximum atomic E-state index is 12.4. The van der Waals surface area contributed by atoms with Crippen LogP contribution in [0.15, 0.2) is 41.4 Å². The number of nitrogens with two attached hydrogens (primary N) is 1. The molecule has 6 heteroatoms. The Hall–Kier alpha value is -2.47. The van der Waals surface area contributed by atoms with E-state index in [1.807, 2.05) is 4.90 Å². The molecule has 1 aromatic rings. The van der Waals surface area contributed by atoms with Crippen LogP contribution in [0.5, 0.6) is 0 Å². The van der Waals surface area contributed by atoms with Crippen LogP contribution in [0.1, 0.15) is 18.7 Å². The summed E-state index contributed by atoms with van der Waals surface area (Å²) in [5, 5.41) is 3.21. The van der Waals surface area contributed by atoms with Gasteiger partial charge in [-0.1, -0.05) is 12.1 Å². The number of rotatable bonds is 3. The van der Waals surface area contributed by atoms with Gasteiger partial charge in [0.15, 0.2) is 5.78 Å². The number of amidine groups is 1. The zero-order valence-corrected chi connectivity index (χ0v) is 12.7. The largest absolute Gasteiger partial charge is 0.384 e. The molecular formula is C17H20N4O2. The number of dihydropyridines is 1. The van der Waals surface area contributed by atoms with E-state index in [0.717, 1.165) is 18.7 Å². The molecule has 1 unspecified atom stereocenters. The first kappa shape index (κ1) is 13.0. The number of carbonyl (C=O) groups is 2. The molecule has 3 rings (SSSR count). The van der Waals surface area contributed by atoms with Crippen LogP contribution in [0.4, 0.5) is 0 Å². The van der Waals surface area contributed by atoms with E-state index in [1.54, 1.807) is 24.3 Å². The molecule has 1 atom stereocenters. The molecule has 1 amide bonds. The Labute approximate surface area is 137 Å². The highest BCUT2D eigenvalue weighted by Gasteiger charge is 2.20. The maximum Gasteiger partial charge on any atom is 0.253 e. The van der Waals surface area contributed by atoms with Crippen LogP contribution in [0.2, 0.25) is 0 Å². The summed E-state index contributed by atoms with van der Waals surface area (Å²) in [6.45, 7) is 2.99. The summed E-state index contributed by atoms with van der Waals surface area (Å²) in [4.78, 5) is 30.3. The van der Waals surface area contributed by atoms with Gasteiger partial charge in [-0.25, -0.2) is 0 Å². The fourth-order valence-corrected chi connectivity index (χ4v) is 2.66. The Morgan fingerprint density at radius 2 is 2.00 bits per heavy atom. The van der Waals surface area contributed by atoms with Crippen molar-refractivity contribution in [2.75, 3.05) is 26.2 Å². The molecule has 2 aliphatic heterocycles. The van der Waals surface area contributed by atoms with Crippen molar-refractivity contribution in [3.8, 4) is 0 Å². The summed E-state index contributed by atoms with van der Waals surface area (Å²) in [6.07, 6.45) is 0.289. The van der Waals surface area contributed by atoms with E-state index >= 15 is 0 Å². The third kappa shape index (κ3) is 3.65. The molecule has 0 aliphatic carbocycles. The minimum atomic E-state index is -0.781. The Morgan fingerprint density at radius 1 is 1.30 bits per heavy atom. The number of ketones is 1. The number of benzene rings is 1. The molecule has 0 bridgehead atoms. The Bertz CT molecular complexity index is 752. The number of hydrogen-bond acceptors (Lipinski definition) is 5. The molecule has 120 valence electrons. The highest BCUT2D eigenvalue weighted by Crippen LogP contribution is 2.13. The van der Waals surface area contributed by atoms with Gasteiger partial charge in [0.2, 0.25) is 0 Å². The van der Waals surface area contributed by atoms with Gasteiger partial charge in [-0.2, -0.15) is 0 Å². The van der Waals surface area contributed by atoms with Gasteiger partial charge in [-0.05, 0) is 29.8 Å². The molecule has 1 saturated heterocycles. The predicted octanol–water partition coefficient (Wildman–Crippen LogP) is 0.139. The topological polar surface area (TPSA) is 87.8 Å². The summed E-state index contributed by atoms with van der Waals surface area (Å²) in [5.74, 6) is -0.584. The molecule has 1 fully saturated rings. The molecule has 0 spiro atoms. The van der Waals surface area contributed by atoms with Crippen LogP contribution in [-0.2, 0) is 11.2 Å². The standard InChI is InChI=1S/C17H20N4O2/c18-16-6-5-15(22)14(20-16)11-12-1-3-13(4-2-12)17(23)21-9-7-19-8-10-21/h1-6,14,19H,7-11H2,(H2,18,20)/i5D,6D. The first-order chi connectivity index (χ1) is 12.0. The van der Waals surface area contributed by atoms with Crippen LogP contribution in [0, 0.1) is 0 Å². The van der Waals surface area contributed by atoms with E-state index in [1.165, 1.54) is 0 Å². The lowest BCUT2D eigenvalue weighted by molar-refractivity contribution is -0.115. The lowest BCUT2D eigenvalue weighted by atomic mass is 9.99. The number of hydrogen-bond donors (Lipinski definition) is 2. The minimum absolute atomic E-state index is 0.000663. The van der Waals surface area contributed by atoms with Crippen molar-refractivity contribution in [3.05, 3.63) is 47.5 Å². The van der Waals surface area contributed by atoms with E-state index < -0.39 is 17.9 Å². The van der Waals surface area contributed by atoms with E-state index in [0.29, 0.717) is 18.7 Å². The average molecular weight is 314 g/mol. The van der Waals surface area contributed by atoms with Crippen molar-refractivity contribution in [2.45, 2.75) is 12.5 Å². The molecule has 2 heterocycles. The molecule has 0 radical (unpaired) electrons.